The van der Waals surface area contributed by atoms with E-state index in [2.05, 4.69) is 0 Å². The van der Waals surface area contributed by atoms with Crippen molar-refractivity contribution in [1.29, 1.82) is 0 Å². The fourth-order valence-electron chi connectivity index (χ4n) is 1.64. The van der Waals surface area contributed by atoms with E-state index in [0.717, 1.165) is 10.5 Å². The number of nitrogens with zero attached hydrogens (tertiary/aromatic N) is 2. The Hall–Kier alpha value is -2.69. The molecule has 1 rings (SSSR count). The van der Waals surface area contributed by atoms with Gasteiger partial charge < -0.3 is 9.69 Å². The molecule has 0 unspecified atom stereocenters. The van der Waals surface area contributed by atoms with E-state index in [4.69, 9.17) is 0 Å². The molecule has 0 saturated carbocycles. The Balaban J connectivity index is 2.85. The summed E-state index contributed by atoms with van der Waals surface area (Å²) in [5, 5.41) is 0. The highest BCUT2D eigenvalue weighted by molar-refractivity contribution is 6.03. The zero-order valence-electron chi connectivity index (χ0n) is 12.1. The number of hydrogen-bond donors (Lipinski definition) is 0. The summed E-state index contributed by atoms with van der Waals surface area (Å²) >= 11 is 0. The first-order valence-corrected chi connectivity index (χ1v) is 6.48. The Labute approximate surface area is 124 Å². The van der Waals surface area contributed by atoms with Crippen molar-refractivity contribution in [3.63, 3.8) is 0 Å². The highest BCUT2D eigenvalue weighted by atomic mass is 16.2. The highest BCUT2D eigenvalue weighted by Gasteiger charge is 2.21. The Morgan fingerprint density at radius 3 is 2.43 bits per heavy atom. The minimum absolute atomic E-state index is 0.279. The number of carbonyl (C=O) groups is 3. The van der Waals surface area contributed by atoms with E-state index in [-0.39, 0.29) is 6.54 Å². The van der Waals surface area contributed by atoms with Crippen molar-refractivity contribution in [1.82, 2.24) is 9.80 Å². The van der Waals surface area contributed by atoms with Crippen LogP contribution in [0.4, 0.5) is 4.79 Å². The van der Waals surface area contributed by atoms with Crippen LogP contribution < -0.4 is 0 Å². The van der Waals surface area contributed by atoms with Crippen LogP contribution in [0.3, 0.4) is 0 Å². The molecular weight excluding hydrogens is 268 g/mol. The summed E-state index contributed by atoms with van der Waals surface area (Å²) in [4.78, 5) is 36.9. The maximum atomic E-state index is 12.1. The van der Waals surface area contributed by atoms with Gasteiger partial charge in [-0.2, -0.15) is 0 Å². The van der Waals surface area contributed by atoms with Crippen molar-refractivity contribution in [3.05, 3.63) is 54.2 Å². The van der Waals surface area contributed by atoms with E-state index < -0.39 is 11.9 Å². The molecule has 5 heteroatoms. The topological polar surface area (TPSA) is 57.7 Å². The number of hydrogen-bond acceptors (Lipinski definition) is 3. The summed E-state index contributed by atoms with van der Waals surface area (Å²) in [5.41, 5.74) is 0.839. The van der Waals surface area contributed by atoms with E-state index in [9.17, 15) is 14.4 Å². The van der Waals surface area contributed by atoms with Gasteiger partial charge in [-0.15, -0.1) is 0 Å². The van der Waals surface area contributed by atoms with Crippen LogP contribution in [-0.2, 0) is 9.59 Å². The van der Waals surface area contributed by atoms with Gasteiger partial charge in [-0.3, -0.25) is 9.69 Å². The monoisotopic (exact) mass is 286 g/mol. The summed E-state index contributed by atoms with van der Waals surface area (Å²) in [5.74, 6) is -0.535. The van der Waals surface area contributed by atoms with Crippen molar-refractivity contribution in [2.45, 2.75) is 6.92 Å². The van der Waals surface area contributed by atoms with Gasteiger partial charge in [0.15, 0.2) is 0 Å². The van der Waals surface area contributed by atoms with E-state index in [1.807, 2.05) is 30.3 Å². The van der Waals surface area contributed by atoms with Crippen LogP contribution in [-0.4, -0.2) is 41.6 Å². The molecule has 21 heavy (non-hydrogen) atoms. The molecule has 0 aromatic heterocycles. The number of allylic oxidation sites excluding steroid dienone is 1. The molecule has 0 heterocycles. The molecule has 110 valence electrons. The van der Waals surface area contributed by atoms with E-state index in [0.29, 0.717) is 6.29 Å². The Bertz CT molecular complexity index is 550. The van der Waals surface area contributed by atoms with Crippen LogP contribution in [0.2, 0.25) is 0 Å². The average molecular weight is 286 g/mol. The quantitative estimate of drug-likeness (QED) is 0.616. The van der Waals surface area contributed by atoms with Crippen LogP contribution in [0.15, 0.2) is 48.7 Å². The van der Waals surface area contributed by atoms with E-state index in [1.165, 1.54) is 24.2 Å². The highest BCUT2D eigenvalue weighted by Crippen LogP contribution is 2.04. The number of urea groups is 1. The minimum Gasteiger partial charge on any atom is -0.304 e. The van der Waals surface area contributed by atoms with E-state index >= 15 is 0 Å². The molecule has 0 saturated heterocycles. The molecule has 1 aromatic rings. The molecule has 0 atom stereocenters. The summed E-state index contributed by atoms with van der Waals surface area (Å²) < 4.78 is 0. The lowest BCUT2D eigenvalue weighted by Gasteiger charge is -2.21. The predicted octanol–water partition coefficient (Wildman–Crippen LogP) is 2.31. The van der Waals surface area contributed by atoms with Crippen molar-refractivity contribution < 1.29 is 14.4 Å². The lowest BCUT2D eigenvalue weighted by Crippen LogP contribution is -2.43. The van der Waals surface area contributed by atoms with Gasteiger partial charge in [0.05, 0.1) is 6.54 Å². The summed E-state index contributed by atoms with van der Waals surface area (Å²) in [7, 11) is 1.52. The molecule has 0 bridgehead atoms. The second-order valence-corrected chi connectivity index (χ2v) is 4.24. The van der Waals surface area contributed by atoms with Crippen LogP contribution in [0, 0.1) is 0 Å². The Kier molecular flexibility index (Phi) is 6.60. The second-order valence-electron chi connectivity index (χ2n) is 4.24. The lowest BCUT2D eigenvalue weighted by molar-refractivity contribution is -0.125. The third-order valence-corrected chi connectivity index (χ3v) is 2.65. The number of rotatable bonds is 5. The standard InChI is InChI=1S/C16H18N2O3/c1-3-11-17(2)16(21)18(12-13-19)15(20)10-9-14-7-5-4-6-8-14/h3-11,13H,12H2,1-2H3/b10-9+,11-3-. The van der Waals surface area contributed by atoms with Crippen LogP contribution in [0.25, 0.3) is 6.08 Å². The van der Waals surface area contributed by atoms with Crippen LogP contribution in [0.1, 0.15) is 12.5 Å². The van der Waals surface area contributed by atoms with Gasteiger partial charge in [-0.1, -0.05) is 36.4 Å². The SMILES string of the molecule is C/C=C\N(C)C(=O)N(CC=O)C(=O)/C=C/c1ccccc1. The van der Waals surface area contributed by atoms with Gasteiger partial charge in [0, 0.05) is 19.3 Å². The van der Waals surface area contributed by atoms with Crippen molar-refractivity contribution in [2.24, 2.45) is 0 Å². The number of carbonyl (C=O) groups excluding carboxylic acids is 3. The zero-order valence-corrected chi connectivity index (χ0v) is 12.1. The number of amides is 3. The molecule has 0 aliphatic heterocycles. The third kappa shape index (κ3) is 5.06. The molecule has 0 fully saturated rings. The summed E-state index contributed by atoms with van der Waals surface area (Å²) in [6.07, 6.45) is 6.59. The predicted molar refractivity (Wildman–Crippen MR) is 81.2 cm³/mol. The third-order valence-electron chi connectivity index (χ3n) is 2.65. The molecule has 0 aliphatic rings. The first-order valence-electron chi connectivity index (χ1n) is 6.48. The van der Waals surface area contributed by atoms with Gasteiger partial charge in [-0.25, -0.2) is 4.79 Å². The second kappa shape index (κ2) is 8.47. The lowest BCUT2D eigenvalue weighted by atomic mass is 10.2. The number of imide groups is 1. The largest absolute Gasteiger partial charge is 0.331 e. The number of aldehydes is 1. The molecule has 1 aromatic carbocycles. The van der Waals surface area contributed by atoms with Crippen LogP contribution >= 0.6 is 0 Å². The van der Waals surface area contributed by atoms with E-state index in [1.54, 1.807) is 19.1 Å². The van der Waals surface area contributed by atoms with Gasteiger partial charge >= 0.3 is 6.03 Å². The molecule has 0 radical (unpaired) electrons. The fraction of sp³-hybridized carbons (Fsp3) is 0.188. The van der Waals surface area contributed by atoms with Gasteiger partial charge in [0.25, 0.3) is 5.91 Å². The van der Waals surface area contributed by atoms with Gasteiger partial charge in [0.1, 0.15) is 6.29 Å². The molecule has 0 spiro atoms. The van der Waals surface area contributed by atoms with Crippen LogP contribution in [0.5, 0.6) is 0 Å². The average Bonchev–Trinajstić information content (AvgIpc) is 2.51. The first-order chi connectivity index (χ1) is 10.1. The maximum Gasteiger partial charge on any atom is 0.331 e. The molecule has 3 amide bonds. The maximum absolute atomic E-state index is 12.1. The Morgan fingerprint density at radius 2 is 1.86 bits per heavy atom. The number of benzene rings is 1. The van der Waals surface area contributed by atoms with Crippen molar-refractivity contribution in [3.8, 4) is 0 Å². The smallest absolute Gasteiger partial charge is 0.304 e. The molecular formula is C16H18N2O3. The zero-order chi connectivity index (χ0) is 15.7. The van der Waals surface area contributed by atoms with Gasteiger partial charge in [0.2, 0.25) is 0 Å². The summed E-state index contributed by atoms with van der Waals surface area (Å²) in [6, 6.07) is 8.68. The normalized spacial score (nSPS) is 10.8. The Morgan fingerprint density at radius 1 is 1.19 bits per heavy atom. The molecule has 0 N–H and O–H groups in total. The molecule has 0 aliphatic carbocycles. The molecule has 5 nitrogen and oxygen atoms in total. The fourth-order valence-corrected chi connectivity index (χ4v) is 1.64. The van der Waals surface area contributed by atoms with Crippen molar-refractivity contribution >= 4 is 24.3 Å². The van der Waals surface area contributed by atoms with Gasteiger partial charge in [-0.05, 0) is 18.6 Å². The minimum atomic E-state index is -0.553. The van der Waals surface area contributed by atoms with Crippen molar-refractivity contribution in [2.75, 3.05) is 13.6 Å². The summed E-state index contributed by atoms with van der Waals surface area (Å²) in [6.45, 7) is 1.48. The first kappa shape index (κ1) is 16.4.